The number of amides is 1. The van der Waals surface area contributed by atoms with E-state index in [1.54, 1.807) is 45.0 Å². The molecule has 0 bridgehead atoms. The molecular formula is C23H29ClN2O5. The van der Waals surface area contributed by atoms with Crippen molar-refractivity contribution in [1.29, 1.82) is 0 Å². The summed E-state index contributed by atoms with van der Waals surface area (Å²) in [6.45, 7) is 8.61. The van der Waals surface area contributed by atoms with Gasteiger partial charge in [0.25, 0.3) is 5.91 Å². The van der Waals surface area contributed by atoms with Crippen LogP contribution in [-0.4, -0.2) is 60.5 Å². The van der Waals surface area contributed by atoms with Crippen molar-refractivity contribution in [1.82, 2.24) is 9.88 Å². The van der Waals surface area contributed by atoms with Crippen LogP contribution < -0.4 is 0 Å². The van der Waals surface area contributed by atoms with Crippen LogP contribution in [0.5, 0.6) is 0 Å². The molecule has 7 nitrogen and oxygen atoms in total. The standard InChI is InChI=1S/C23H29ClN2O5/c1-5-30-13-7-12-26(22(28)17-8-10-18(24)11-9-17)14-19(27)20-15(3)21(25-16(20)4)23(29)31-6-2/h8-11,25H,5-7,12-14H2,1-4H3. The number of nitrogens with zero attached hydrogens (tertiary/aromatic N) is 1. The predicted molar refractivity (Wildman–Crippen MR) is 119 cm³/mol. The summed E-state index contributed by atoms with van der Waals surface area (Å²) < 4.78 is 10.4. The molecule has 2 aromatic rings. The summed E-state index contributed by atoms with van der Waals surface area (Å²) in [6, 6.07) is 6.55. The number of nitrogens with one attached hydrogen (secondary N) is 1. The second-order valence-corrected chi connectivity index (χ2v) is 7.49. The molecule has 0 aliphatic heterocycles. The Morgan fingerprint density at radius 1 is 1.06 bits per heavy atom. The molecule has 0 unspecified atom stereocenters. The quantitative estimate of drug-likeness (QED) is 0.316. The van der Waals surface area contributed by atoms with Gasteiger partial charge in [-0.3, -0.25) is 9.59 Å². The van der Waals surface area contributed by atoms with Crippen molar-refractivity contribution in [2.45, 2.75) is 34.1 Å². The number of ketones is 1. The number of aromatic amines is 1. The highest BCUT2D eigenvalue weighted by Crippen LogP contribution is 2.21. The smallest absolute Gasteiger partial charge is 0.355 e. The molecule has 8 heteroatoms. The summed E-state index contributed by atoms with van der Waals surface area (Å²) in [5.74, 6) is -1.02. The van der Waals surface area contributed by atoms with Gasteiger partial charge >= 0.3 is 5.97 Å². The predicted octanol–water partition coefficient (Wildman–Crippen LogP) is 4.21. The van der Waals surface area contributed by atoms with E-state index in [1.807, 2.05) is 6.92 Å². The maximum absolute atomic E-state index is 13.2. The Morgan fingerprint density at radius 3 is 2.35 bits per heavy atom. The van der Waals surface area contributed by atoms with E-state index in [1.165, 1.54) is 4.90 Å². The monoisotopic (exact) mass is 448 g/mol. The Kier molecular flexibility index (Phi) is 9.27. The van der Waals surface area contributed by atoms with Crippen LogP contribution in [0.15, 0.2) is 24.3 Å². The maximum Gasteiger partial charge on any atom is 0.355 e. The van der Waals surface area contributed by atoms with Gasteiger partial charge in [-0.1, -0.05) is 11.6 Å². The Morgan fingerprint density at radius 2 is 1.74 bits per heavy atom. The first-order valence-corrected chi connectivity index (χ1v) is 10.7. The molecule has 168 valence electrons. The van der Waals surface area contributed by atoms with Crippen LogP contribution >= 0.6 is 11.6 Å². The van der Waals surface area contributed by atoms with Gasteiger partial charge < -0.3 is 19.4 Å². The van der Waals surface area contributed by atoms with Gasteiger partial charge in [0.1, 0.15) is 5.69 Å². The average Bonchev–Trinajstić information content (AvgIpc) is 3.04. The fourth-order valence-electron chi connectivity index (χ4n) is 3.36. The Bertz CT molecular complexity index is 921. The molecular weight excluding hydrogens is 420 g/mol. The molecule has 0 saturated heterocycles. The number of carbonyl (C=O) groups is 3. The van der Waals surface area contributed by atoms with E-state index in [4.69, 9.17) is 21.1 Å². The third kappa shape index (κ3) is 6.42. The molecule has 1 aromatic carbocycles. The summed E-state index contributed by atoms with van der Waals surface area (Å²) in [5.41, 5.74) is 2.20. The van der Waals surface area contributed by atoms with Crippen LogP contribution in [0.2, 0.25) is 5.02 Å². The summed E-state index contributed by atoms with van der Waals surface area (Å²) in [6.07, 6.45) is 0.597. The van der Waals surface area contributed by atoms with Crippen LogP contribution in [0.4, 0.5) is 0 Å². The minimum absolute atomic E-state index is 0.116. The summed E-state index contributed by atoms with van der Waals surface area (Å²) in [4.78, 5) is 42.8. The second kappa shape index (κ2) is 11.7. The molecule has 1 aromatic heterocycles. The molecule has 0 aliphatic carbocycles. The number of H-pyrrole nitrogens is 1. The van der Waals surface area contributed by atoms with Crippen LogP contribution in [0.1, 0.15) is 62.7 Å². The van der Waals surface area contributed by atoms with Crippen LogP contribution in [-0.2, 0) is 9.47 Å². The SMILES string of the molecule is CCOCCCN(CC(=O)c1c(C)[nH]c(C(=O)OCC)c1C)C(=O)c1ccc(Cl)cc1. The van der Waals surface area contributed by atoms with Gasteiger partial charge in [0, 0.05) is 41.6 Å². The molecule has 0 fully saturated rings. The summed E-state index contributed by atoms with van der Waals surface area (Å²) in [5, 5.41) is 0.528. The fraction of sp³-hybridized carbons (Fsp3) is 0.435. The lowest BCUT2D eigenvalue weighted by Gasteiger charge is -2.22. The number of Topliss-reactive ketones (excluding diaryl/α,β-unsaturated/α-hetero) is 1. The first-order chi connectivity index (χ1) is 14.8. The van der Waals surface area contributed by atoms with Crippen molar-refractivity contribution in [3.05, 3.63) is 57.4 Å². The largest absolute Gasteiger partial charge is 0.461 e. The van der Waals surface area contributed by atoms with Crippen molar-refractivity contribution in [2.75, 3.05) is 32.9 Å². The minimum Gasteiger partial charge on any atom is -0.461 e. The molecule has 0 radical (unpaired) electrons. The molecule has 0 atom stereocenters. The van der Waals surface area contributed by atoms with Crippen molar-refractivity contribution >= 4 is 29.3 Å². The third-order valence-electron chi connectivity index (χ3n) is 4.83. The molecule has 1 heterocycles. The molecule has 1 amide bonds. The number of aryl methyl sites for hydroxylation is 1. The van der Waals surface area contributed by atoms with E-state index in [9.17, 15) is 14.4 Å². The zero-order chi connectivity index (χ0) is 23.0. The highest BCUT2D eigenvalue weighted by atomic mass is 35.5. The molecule has 31 heavy (non-hydrogen) atoms. The van der Waals surface area contributed by atoms with Gasteiger partial charge in [-0.15, -0.1) is 0 Å². The van der Waals surface area contributed by atoms with Crippen molar-refractivity contribution in [3.8, 4) is 0 Å². The van der Waals surface area contributed by atoms with Gasteiger partial charge in [-0.2, -0.15) is 0 Å². The molecule has 0 saturated carbocycles. The van der Waals surface area contributed by atoms with Gasteiger partial charge in [0.05, 0.1) is 13.2 Å². The van der Waals surface area contributed by atoms with E-state index in [0.29, 0.717) is 53.6 Å². The van der Waals surface area contributed by atoms with Gasteiger partial charge in [0.2, 0.25) is 0 Å². The van der Waals surface area contributed by atoms with Crippen molar-refractivity contribution in [2.24, 2.45) is 0 Å². The van der Waals surface area contributed by atoms with Gasteiger partial charge in [-0.05, 0) is 63.9 Å². The zero-order valence-electron chi connectivity index (χ0n) is 18.4. The summed E-state index contributed by atoms with van der Waals surface area (Å²) in [7, 11) is 0. The van der Waals surface area contributed by atoms with E-state index in [2.05, 4.69) is 4.98 Å². The number of hydrogen-bond donors (Lipinski definition) is 1. The number of ether oxygens (including phenoxy) is 2. The van der Waals surface area contributed by atoms with Crippen LogP contribution in [0.25, 0.3) is 0 Å². The van der Waals surface area contributed by atoms with E-state index >= 15 is 0 Å². The molecule has 1 N–H and O–H groups in total. The fourth-order valence-corrected chi connectivity index (χ4v) is 3.48. The number of aromatic nitrogens is 1. The lowest BCUT2D eigenvalue weighted by Crippen LogP contribution is -2.37. The normalized spacial score (nSPS) is 10.7. The van der Waals surface area contributed by atoms with Gasteiger partial charge in [-0.25, -0.2) is 4.79 Å². The summed E-state index contributed by atoms with van der Waals surface area (Å²) >= 11 is 5.93. The van der Waals surface area contributed by atoms with Crippen molar-refractivity contribution in [3.63, 3.8) is 0 Å². The van der Waals surface area contributed by atoms with Crippen molar-refractivity contribution < 1.29 is 23.9 Å². The maximum atomic E-state index is 13.2. The second-order valence-electron chi connectivity index (χ2n) is 7.05. The average molecular weight is 449 g/mol. The Balaban J connectivity index is 2.25. The Labute approximate surface area is 187 Å². The van der Waals surface area contributed by atoms with Crippen LogP contribution in [0.3, 0.4) is 0 Å². The highest BCUT2D eigenvalue weighted by molar-refractivity contribution is 6.30. The van der Waals surface area contributed by atoms with Gasteiger partial charge in [0.15, 0.2) is 5.78 Å². The first kappa shape index (κ1) is 24.6. The first-order valence-electron chi connectivity index (χ1n) is 10.3. The minimum atomic E-state index is -0.507. The zero-order valence-corrected chi connectivity index (χ0v) is 19.2. The number of benzene rings is 1. The lowest BCUT2D eigenvalue weighted by molar-refractivity contribution is 0.0519. The number of halogens is 1. The highest BCUT2D eigenvalue weighted by Gasteiger charge is 2.26. The molecule has 0 aliphatic rings. The van der Waals surface area contributed by atoms with E-state index in [0.717, 1.165) is 0 Å². The number of hydrogen-bond acceptors (Lipinski definition) is 5. The number of carbonyl (C=O) groups excluding carboxylic acids is 3. The molecule has 0 spiro atoms. The Hall–Kier alpha value is -2.64. The van der Waals surface area contributed by atoms with E-state index < -0.39 is 5.97 Å². The van der Waals surface area contributed by atoms with E-state index in [-0.39, 0.29) is 30.5 Å². The topological polar surface area (TPSA) is 88.7 Å². The lowest BCUT2D eigenvalue weighted by atomic mass is 10.0. The number of rotatable bonds is 11. The van der Waals surface area contributed by atoms with Crippen LogP contribution in [0, 0.1) is 13.8 Å². The third-order valence-corrected chi connectivity index (χ3v) is 5.08. The number of esters is 1. The molecule has 2 rings (SSSR count).